The molecule has 4 N–H and O–H groups in total. The molecule has 3 aliphatic rings. The molecule has 3 fully saturated rings. The van der Waals surface area contributed by atoms with Crippen molar-refractivity contribution in [3.05, 3.63) is 0 Å². The van der Waals surface area contributed by atoms with Crippen molar-refractivity contribution >= 4 is 23.8 Å². The Balaban J connectivity index is 1.80. The zero-order chi connectivity index (χ0) is 28.3. The first kappa shape index (κ1) is 29.7. The average molecular weight is 532 g/mol. The predicted octanol–water partition coefficient (Wildman–Crippen LogP) is 1.10. The lowest BCUT2D eigenvalue weighted by atomic mass is 9.85. The van der Waals surface area contributed by atoms with Gasteiger partial charge in [-0.05, 0) is 71.4 Å². The molecule has 11 heteroatoms. The molecule has 0 aromatic carbocycles. The van der Waals surface area contributed by atoms with Gasteiger partial charge in [-0.25, -0.2) is 4.79 Å². The topological polar surface area (TPSA) is 147 Å². The van der Waals surface area contributed by atoms with E-state index in [-0.39, 0.29) is 30.2 Å². The summed E-state index contributed by atoms with van der Waals surface area (Å²) >= 11 is 0. The van der Waals surface area contributed by atoms with E-state index >= 15 is 0 Å². The molecule has 5 atom stereocenters. The quantitative estimate of drug-likeness (QED) is 0.387. The van der Waals surface area contributed by atoms with Crippen molar-refractivity contribution in [2.75, 3.05) is 26.2 Å². The van der Waals surface area contributed by atoms with Gasteiger partial charge in [-0.2, -0.15) is 5.26 Å². The molecule has 0 radical (unpaired) electrons. The molecule has 0 spiro atoms. The number of urea groups is 1. The van der Waals surface area contributed by atoms with Gasteiger partial charge in [-0.3, -0.25) is 19.3 Å². The Morgan fingerprint density at radius 2 is 1.76 bits per heavy atom. The van der Waals surface area contributed by atoms with Crippen LogP contribution in [-0.4, -0.2) is 89.4 Å². The van der Waals surface area contributed by atoms with E-state index in [1.165, 1.54) is 0 Å². The summed E-state index contributed by atoms with van der Waals surface area (Å²) in [4.78, 5) is 56.2. The molecule has 3 rings (SSSR count). The molecule has 0 aliphatic carbocycles. The molecule has 38 heavy (non-hydrogen) atoms. The van der Waals surface area contributed by atoms with Crippen LogP contribution in [0.4, 0.5) is 4.79 Å². The van der Waals surface area contributed by atoms with Gasteiger partial charge in [-0.15, -0.1) is 0 Å². The highest BCUT2D eigenvalue weighted by Gasteiger charge is 2.47. The summed E-state index contributed by atoms with van der Waals surface area (Å²) in [6.07, 6.45) is 3.50. The fourth-order valence-corrected chi connectivity index (χ4v) is 5.57. The van der Waals surface area contributed by atoms with Crippen molar-refractivity contribution in [2.45, 2.75) is 103 Å². The van der Waals surface area contributed by atoms with Crippen molar-refractivity contribution < 1.29 is 19.2 Å². The first-order valence-electron chi connectivity index (χ1n) is 13.8. The first-order chi connectivity index (χ1) is 17.7. The second-order valence-corrected chi connectivity index (χ2v) is 13.0. The summed E-state index contributed by atoms with van der Waals surface area (Å²) in [6.45, 7) is 14.0. The van der Waals surface area contributed by atoms with Gasteiger partial charge in [0.2, 0.25) is 17.7 Å². The number of amides is 5. The lowest BCUT2D eigenvalue weighted by molar-refractivity contribution is -0.142. The van der Waals surface area contributed by atoms with Gasteiger partial charge < -0.3 is 26.2 Å². The monoisotopic (exact) mass is 531 g/mol. The number of nitrogens with one attached hydrogen (secondary N) is 4. The minimum Gasteiger partial charge on any atom is -0.356 e. The van der Waals surface area contributed by atoms with Crippen LogP contribution in [0.25, 0.3) is 0 Å². The van der Waals surface area contributed by atoms with Crippen molar-refractivity contribution in [1.29, 1.82) is 5.26 Å². The van der Waals surface area contributed by atoms with Gasteiger partial charge in [0.25, 0.3) is 0 Å². The zero-order valence-electron chi connectivity index (χ0n) is 23.7. The van der Waals surface area contributed by atoms with Crippen molar-refractivity contribution in [1.82, 2.24) is 31.1 Å². The van der Waals surface area contributed by atoms with E-state index in [9.17, 15) is 24.4 Å². The number of nitriles is 1. The number of hydrogen-bond donors (Lipinski definition) is 4. The minimum absolute atomic E-state index is 0.0300. The van der Waals surface area contributed by atoms with E-state index in [1.807, 2.05) is 41.5 Å². The smallest absolute Gasteiger partial charge is 0.315 e. The maximum atomic E-state index is 14.0. The maximum Gasteiger partial charge on any atom is 0.315 e. The van der Waals surface area contributed by atoms with Gasteiger partial charge >= 0.3 is 6.03 Å². The van der Waals surface area contributed by atoms with Crippen molar-refractivity contribution in [3.8, 4) is 6.07 Å². The fraction of sp³-hybridized carbons (Fsp3) is 0.815. The van der Waals surface area contributed by atoms with Crippen LogP contribution in [0.1, 0.15) is 73.6 Å². The third-order valence-electron chi connectivity index (χ3n) is 7.55. The Labute approximate surface area is 226 Å². The van der Waals surface area contributed by atoms with Gasteiger partial charge in [0.1, 0.15) is 18.1 Å². The molecular formula is C27H45N7O4. The van der Waals surface area contributed by atoms with Gasteiger partial charge in [-0.1, -0.05) is 20.8 Å². The zero-order valence-corrected chi connectivity index (χ0v) is 23.7. The molecule has 3 aliphatic heterocycles. The minimum atomic E-state index is -0.855. The summed E-state index contributed by atoms with van der Waals surface area (Å²) in [5, 5.41) is 21.0. The summed E-state index contributed by atoms with van der Waals surface area (Å²) in [5.74, 6) is -1.11. The second kappa shape index (κ2) is 11.9. The number of carbonyl (C=O) groups is 4. The summed E-state index contributed by atoms with van der Waals surface area (Å²) in [6, 6.07) is -0.741. The molecule has 3 saturated heterocycles. The lowest BCUT2D eigenvalue weighted by Gasteiger charge is -2.36. The van der Waals surface area contributed by atoms with E-state index < -0.39 is 41.0 Å². The number of likely N-dealkylation sites (tertiary alicyclic amines) is 2. The lowest BCUT2D eigenvalue weighted by Crippen LogP contribution is -2.60. The molecule has 0 bridgehead atoms. The van der Waals surface area contributed by atoms with E-state index in [4.69, 9.17) is 0 Å². The molecule has 0 aromatic rings. The van der Waals surface area contributed by atoms with E-state index in [0.717, 1.165) is 25.9 Å². The standard InChI is InChI=1S/C27H45N7O4/c1-26(2,3)21(31-25(38)32-27(4,5)6)24(37)34-16-19(33-11-7-8-12-33)14-20(34)23(36)30-18(15-28)13-17-9-10-29-22(17)35/h17-21H,7-14,16H2,1-6H3,(H,29,35)(H,30,36)(H2,31,32,38)/t17-,18-,19+,20-,21+/m0/s1. The van der Waals surface area contributed by atoms with Crippen molar-refractivity contribution in [2.24, 2.45) is 11.3 Å². The molecule has 0 aromatic heterocycles. The molecule has 11 nitrogen and oxygen atoms in total. The Kier molecular flexibility index (Phi) is 9.29. The largest absolute Gasteiger partial charge is 0.356 e. The van der Waals surface area contributed by atoms with E-state index in [2.05, 4.69) is 32.2 Å². The molecule has 0 unspecified atom stereocenters. The number of nitrogens with zero attached hydrogens (tertiary/aromatic N) is 3. The summed E-state index contributed by atoms with van der Waals surface area (Å²) in [5.41, 5.74) is -1.08. The van der Waals surface area contributed by atoms with Crippen LogP contribution in [0.2, 0.25) is 0 Å². The third kappa shape index (κ3) is 7.59. The highest BCUT2D eigenvalue weighted by molar-refractivity contribution is 5.93. The highest BCUT2D eigenvalue weighted by atomic mass is 16.2. The van der Waals surface area contributed by atoms with Gasteiger partial charge in [0.05, 0.1) is 6.07 Å². The van der Waals surface area contributed by atoms with Crippen LogP contribution in [-0.2, 0) is 14.4 Å². The van der Waals surface area contributed by atoms with Crippen LogP contribution in [0.3, 0.4) is 0 Å². The first-order valence-corrected chi connectivity index (χ1v) is 13.8. The molecule has 3 heterocycles. The van der Waals surface area contributed by atoms with E-state index in [1.54, 1.807) is 4.90 Å². The fourth-order valence-electron chi connectivity index (χ4n) is 5.57. The Morgan fingerprint density at radius 3 is 2.29 bits per heavy atom. The van der Waals surface area contributed by atoms with Gasteiger partial charge in [0.15, 0.2) is 0 Å². The summed E-state index contributed by atoms with van der Waals surface area (Å²) < 4.78 is 0. The number of carbonyl (C=O) groups excluding carboxylic acids is 4. The van der Waals surface area contributed by atoms with Crippen molar-refractivity contribution in [3.63, 3.8) is 0 Å². The average Bonchev–Trinajstić information content (AvgIpc) is 3.55. The SMILES string of the molecule is CC(C)(C)NC(=O)N[C@H](C(=O)N1C[C@H](N2CCCC2)C[C@H]1C(=O)N[C@H](C#N)C[C@@H]1CCNC1=O)C(C)(C)C. The van der Waals surface area contributed by atoms with E-state index in [0.29, 0.717) is 25.9 Å². The normalized spacial score (nSPS) is 25.9. The Morgan fingerprint density at radius 1 is 1.11 bits per heavy atom. The van der Waals surface area contributed by atoms with Crippen LogP contribution in [0, 0.1) is 22.7 Å². The summed E-state index contributed by atoms with van der Waals surface area (Å²) in [7, 11) is 0. The maximum absolute atomic E-state index is 14.0. The van der Waals surface area contributed by atoms with Crippen LogP contribution in [0.15, 0.2) is 0 Å². The van der Waals surface area contributed by atoms with Crippen LogP contribution < -0.4 is 21.3 Å². The third-order valence-corrected chi connectivity index (χ3v) is 7.55. The number of rotatable bonds is 7. The predicted molar refractivity (Wildman–Crippen MR) is 143 cm³/mol. The Hall–Kier alpha value is -2.87. The van der Waals surface area contributed by atoms with Gasteiger partial charge in [0, 0.05) is 30.6 Å². The Bertz CT molecular complexity index is 943. The second-order valence-electron chi connectivity index (χ2n) is 13.0. The molecular weight excluding hydrogens is 486 g/mol. The van der Waals surface area contributed by atoms with Crippen LogP contribution in [0.5, 0.6) is 0 Å². The molecule has 212 valence electrons. The molecule has 5 amide bonds. The number of hydrogen-bond acceptors (Lipinski definition) is 6. The molecule has 0 saturated carbocycles. The highest BCUT2D eigenvalue weighted by Crippen LogP contribution is 2.30. The van der Waals surface area contributed by atoms with Crippen LogP contribution >= 0.6 is 0 Å².